The minimum atomic E-state index is -0.206. The first-order valence-electron chi connectivity index (χ1n) is 5.50. The molecule has 0 spiro atoms. The Morgan fingerprint density at radius 2 is 2.12 bits per heavy atom. The number of halogens is 1. The minimum Gasteiger partial charge on any atom is -0.497 e. The molecule has 0 bridgehead atoms. The Labute approximate surface area is 110 Å². The molecule has 0 amide bonds. The van der Waals surface area contributed by atoms with Crippen LogP contribution in [0.15, 0.2) is 12.1 Å². The van der Waals surface area contributed by atoms with Crippen LogP contribution < -0.4 is 4.74 Å². The molecule has 0 N–H and O–H groups in total. The molecule has 0 aromatic heterocycles. The third-order valence-electron chi connectivity index (χ3n) is 2.55. The van der Waals surface area contributed by atoms with E-state index < -0.39 is 0 Å². The molecule has 1 aromatic carbocycles. The van der Waals surface area contributed by atoms with Crippen molar-refractivity contribution in [3.63, 3.8) is 0 Å². The van der Waals surface area contributed by atoms with Crippen LogP contribution in [-0.2, 0) is 21.3 Å². The summed E-state index contributed by atoms with van der Waals surface area (Å²) in [5, 5.41) is 0.720. The van der Waals surface area contributed by atoms with Crippen LogP contribution >= 0.6 is 15.9 Å². The van der Waals surface area contributed by atoms with Crippen LogP contribution in [0.25, 0.3) is 0 Å². The van der Waals surface area contributed by atoms with Crippen molar-refractivity contribution in [1.29, 1.82) is 0 Å². The Morgan fingerprint density at radius 3 is 2.65 bits per heavy atom. The van der Waals surface area contributed by atoms with E-state index in [2.05, 4.69) is 15.9 Å². The zero-order valence-corrected chi connectivity index (χ0v) is 12.0. The van der Waals surface area contributed by atoms with Crippen LogP contribution in [0.2, 0.25) is 0 Å². The number of rotatable bonds is 5. The molecule has 0 saturated carbocycles. The van der Waals surface area contributed by atoms with E-state index in [4.69, 9.17) is 9.47 Å². The first-order chi connectivity index (χ1) is 8.12. The molecule has 0 unspecified atom stereocenters. The first-order valence-corrected chi connectivity index (χ1v) is 6.62. The zero-order chi connectivity index (χ0) is 12.8. The van der Waals surface area contributed by atoms with Gasteiger partial charge in [0, 0.05) is 5.33 Å². The van der Waals surface area contributed by atoms with Gasteiger partial charge in [-0.25, -0.2) is 0 Å². The average molecular weight is 301 g/mol. The molecule has 94 valence electrons. The van der Waals surface area contributed by atoms with Gasteiger partial charge in [-0.05, 0) is 42.7 Å². The lowest BCUT2D eigenvalue weighted by Crippen LogP contribution is -2.10. The van der Waals surface area contributed by atoms with Crippen molar-refractivity contribution in [3.8, 4) is 5.75 Å². The van der Waals surface area contributed by atoms with E-state index in [0.717, 1.165) is 27.8 Å². The van der Waals surface area contributed by atoms with E-state index in [1.54, 1.807) is 14.0 Å². The van der Waals surface area contributed by atoms with Gasteiger partial charge in [-0.3, -0.25) is 4.79 Å². The highest BCUT2D eigenvalue weighted by molar-refractivity contribution is 9.08. The van der Waals surface area contributed by atoms with Gasteiger partial charge in [0.25, 0.3) is 0 Å². The predicted molar refractivity (Wildman–Crippen MR) is 70.7 cm³/mol. The maximum atomic E-state index is 11.5. The molecule has 0 heterocycles. The Morgan fingerprint density at radius 1 is 1.41 bits per heavy atom. The maximum absolute atomic E-state index is 11.5. The molecule has 0 radical (unpaired) electrons. The van der Waals surface area contributed by atoms with E-state index in [0.29, 0.717) is 6.61 Å². The smallest absolute Gasteiger partial charge is 0.310 e. The maximum Gasteiger partial charge on any atom is 0.310 e. The van der Waals surface area contributed by atoms with Gasteiger partial charge in [0.2, 0.25) is 0 Å². The Hall–Kier alpha value is -1.03. The van der Waals surface area contributed by atoms with Gasteiger partial charge < -0.3 is 9.47 Å². The lowest BCUT2D eigenvalue weighted by molar-refractivity contribution is -0.142. The monoisotopic (exact) mass is 300 g/mol. The lowest BCUT2D eigenvalue weighted by Gasteiger charge is -2.12. The van der Waals surface area contributed by atoms with Crippen LogP contribution in [0.1, 0.15) is 23.6 Å². The number of hydrogen-bond donors (Lipinski definition) is 0. The highest BCUT2D eigenvalue weighted by Crippen LogP contribution is 2.24. The highest BCUT2D eigenvalue weighted by Gasteiger charge is 2.12. The fourth-order valence-corrected chi connectivity index (χ4v) is 2.49. The number of alkyl halides is 1. The molecule has 0 fully saturated rings. The molecule has 1 aromatic rings. The number of carbonyl (C=O) groups is 1. The third kappa shape index (κ3) is 3.73. The van der Waals surface area contributed by atoms with Crippen molar-refractivity contribution < 1.29 is 14.3 Å². The van der Waals surface area contributed by atoms with Crippen LogP contribution in [0.5, 0.6) is 5.75 Å². The van der Waals surface area contributed by atoms with Crippen molar-refractivity contribution in [2.75, 3.05) is 13.7 Å². The van der Waals surface area contributed by atoms with Gasteiger partial charge in [0.1, 0.15) is 5.75 Å². The first kappa shape index (κ1) is 14.0. The standard InChI is InChI=1S/C13H17BrO3/c1-4-17-13(15)7-10-6-11(16-3)5-9(2)12(10)8-14/h5-6H,4,7-8H2,1-3H3. The summed E-state index contributed by atoms with van der Waals surface area (Å²) in [5.74, 6) is 0.564. The number of ether oxygens (including phenoxy) is 2. The summed E-state index contributed by atoms with van der Waals surface area (Å²) in [6.45, 7) is 4.22. The molecular formula is C13H17BrO3. The van der Waals surface area contributed by atoms with Crippen molar-refractivity contribution in [3.05, 3.63) is 28.8 Å². The van der Waals surface area contributed by atoms with Crippen molar-refractivity contribution in [1.82, 2.24) is 0 Å². The van der Waals surface area contributed by atoms with Crippen molar-refractivity contribution in [2.45, 2.75) is 25.6 Å². The molecule has 0 aliphatic rings. The van der Waals surface area contributed by atoms with E-state index in [9.17, 15) is 4.79 Å². The normalized spacial score (nSPS) is 10.1. The van der Waals surface area contributed by atoms with E-state index in [1.165, 1.54) is 0 Å². The molecule has 17 heavy (non-hydrogen) atoms. The number of benzene rings is 1. The van der Waals surface area contributed by atoms with Crippen LogP contribution in [-0.4, -0.2) is 19.7 Å². The summed E-state index contributed by atoms with van der Waals surface area (Å²) in [5.41, 5.74) is 3.19. The van der Waals surface area contributed by atoms with Gasteiger partial charge in [-0.1, -0.05) is 15.9 Å². The number of methoxy groups -OCH3 is 1. The molecule has 1 rings (SSSR count). The van der Waals surface area contributed by atoms with Crippen LogP contribution in [0.3, 0.4) is 0 Å². The molecule has 0 aliphatic carbocycles. The Bertz CT molecular complexity index is 402. The van der Waals surface area contributed by atoms with Crippen LogP contribution in [0.4, 0.5) is 0 Å². The minimum absolute atomic E-state index is 0.206. The fraction of sp³-hybridized carbons (Fsp3) is 0.462. The summed E-state index contributed by atoms with van der Waals surface area (Å²) in [7, 11) is 1.62. The fourth-order valence-electron chi connectivity index (χ4n) is 1.69. The number of esters is 1. The second kappa shape index (κ2) is 6.64. The van der Waals surface area contributed by atoms with Gasteiger partial charge in [-0.2, -0.15) is 0 Å². The summed E-state index contributed by atoms with van der Waals surface area (Å²) in [4.78, 5) is 11.5. The topological polar surface area (TPSA) is 35.5 Å². The van der Waals surface area contributed by atoms with Gasteiger partial charge in [0.05, 0.1) is 20.1 Å². The largest absolute Gasteiger partial charge is 0.497 e. The number of hydrogen-bond acceptors (Lipinski definition) is 3. The van der Waals surface area contributed by atoms with E-state index in [-0.39, 0.29) is 12.4 Å². The predicted octanol–water partition coefficient (Wildman–Crippen LogP) is 3.00. The number of carbonyl (C=O) groups excluding carboxylic acids is 1. The van der Waals surface area contributed by atoms with Crippen LogP contribution in [0, 0.1) is 6.92 Å². The molecule has 0 atom stereocenters. The SMILES string of the molecule is CCOC(=O)Cc1cc(OC)cc(C)c1CBr. The summed E-state index contributed by atoms with van der Waals surface area (Å²) in [6.07, 6.45) is 0.285. The highest BCUT2D eigenvalue weighted by atomic mass is 79.9. The lowest BCUT2D eigenvalue weighted by atomic mass is 10.0. The van der Waals surface area contributed by atoms with Gasteiger partial charge in [-0.15, -0.1) is 0 Å². The van der Waals surface area contributed by atoms with Crippen molar-refractivity contribution >= 4 is 21.9 Å². The second-order valence-corrected chi connectivity index (χ2v) is 4.26. The number of aryl methyl sites for hydroxylation is 1. The Balaban J connectivity index is 3.02. The van der Waals surface area contributed by atoms with E-state index in [1.807, 2.05) is 19.1 Å². The molecule has 3 nitrogen and oxygen atoms in total. The summed E-state index contributed by atoms with van der Waals surface area (Å²) < 4.78 is 10.2. The molecule has 4 heteroatoms. The Kier molecular flexibility index (Phi) is 5.48. The average Bonchev–Trinajstić information content (AvgIpc) is 2.28. The molecular weight excluding hydrogens is 284 g/mol. The third-order valence-corrected chi connectivity index (χ3v) is 3.11. The summed E-state index contributed by atoms with van der Waals surface area (Å²) >= 11 is 3.44. The van der Waals surface area contributed by atoms with Gasteiger partial charge >= 0.3 is 5.97 Å². The van der Waals surface area contributed by atoms with Gasteiger partial charge in [0.15, 0.2) is 0 Å². The van der Waals surface area contributed by atoms with E-state index >= 15 is 0 Å². The van der Waals surface area contributed by atoms with Crippen molar-refractivity contribution in [2.24, 2.45) is 0 Å². The molecule has 0 saturated heterocycles. The summed E-state index contributed by atoms with van der Waals surface area (Å²) in [6, 6.07) is 3.85. The second-order valence-electron chi connectivity index (χ2n) is 3.70. The molecule has 0 aliphatic heterocycles. The zero-order valence-electron chi connectivity index (χ0n) is 10.4. The quantitative estimate of drug-likeness (QED) is 0.619.